The molecule has 0 saturated carbocycles. The highest BCUT2D eigenvalue weighted by Crippen LogP contribution is 2.18. The number of hydrogen-bond donors (Lipinski definition) is 2. The van der Waals surface area contributed by atoms with Gasteiger partial charge in [-0.3, -0.25) is 14.9 Å². The largest absolute Gasteiger partial charge is 0.344 e. The molecular weight excluding hydrogens is 358 g/mol. The zero-order chi connectivity index (χ0) is 18.6. The molecule has 0 aliphatic heterocycles. The van der Waals surface area contributed by atoms with Crippen molar-refractivity contribution in [3.05, 3.63) is 52.3 Å². The standard InChI is InChI=1S/C17H23N5O3.ClH/c1-12(2)10-17(3,11-18)19-16(23)15-7-8-21(20-15)13-5-4-6-14(9-13)22(24)25;/h4-9,12H,10-11,18H2,1-3H3,(H,19,23);1H. The summed E-state index contributed by atoms with van der Waals surface area (Å²) in [5.74, 6) is 0.0639. The van der Waals surface area contributed by atoms with E-state index < -0.39 is 10.5 Å². The quantitative estimate of drug-likeness (QED) is 0.565. The van der Waals surface area contributed by atoms with Crippen molar-refractivity contribution >= 4 is 24.0 Å². The van der Waals surface area contributed by atoms with Gasteiger partial charge < -0.3 is 11.1 Å². The lowest BCUT2D eigenvalue weighted by molar-refractivity contribution is -0.384. The molecule has 0 saturated heterocycles. The number of nitrogens with one attached hydrogen (secondary N) is 1. The number of rotatable bonds is 7. The lowest BCUT2D eigenvalue weighted by Crippen LogP contribution is -2.52. The first-order valence-corrected chi connectivity index (χ1v) is 8.07. The smallest absolute Gasteiger partial charge is 0.272 e. The summed E-state index contributed by atoms with van der Waals surface area (Å²) in [6.07, 6.45) is 2.34. The fraction of sp³-hybridized carbons (Fsp3) is 0.412. The monoisotopic (exact) mass is 381 g/mol. The third-order valence-corrected chi connectivity index (χ3v) is 3.85. The Bertz CT molecular complexity index is 777. The zero-order valence-corrected chi connectivity index (χ0v) is 15.8. The van der Waals surface area contributed by atoms with E-state index in [9.17, 15) is 14.9 Å². The van der Waals surface area contributed by atoms with E-state index in [1.54, 1.807) is 24.4 Å². The molecule has 142 valence electrons. The Labute approximate surface area is 158 Å². The van der Waals surface area contributed by atoms with E-state index in [0.29, 0.717) is 18.2 Å². The van der Waals surface area contributed by atoms with Gasteiger partial charge in [-0.15, -0.1) is 12.4 Å². The summed E-state index contributed by atoms with van der Waals surface area (Å²) in [5.41, 5.74) is 6.01. The third kappa shape index (κ3) is 5.27. The second-order valence-corrected chi connectivity index (χ2v) is 6.74. The van der Waals surface area contributed by atoms with Crippen LogP contribution < -0.4 is 11.1 Å². The lowest BCUT2D eigenvalue weighted by atomic mass is 9.90. The molecule has 1 aromatic heterocycles. The number of carbonyl (C=O) groups is 1. The molecule has 9 heteroatoms. The number of benzene rings is 1. The number of non-ortho nitro benzene ring substituents is 1. The second kappa shape index (κ2) is 8.77. The van der Waals surface area contributed by atoms with Crippen molar-refractivity contribution < 1.29 is 9.72 Å². The summed E-state index contributed by atoms with van der Waals surface area (Å²) >= 11 is 0. The van der Waals surface area contributed by atoms with E-state index in [1.165, 1.54) is 16.8 Å². The summed E-state index contributed by atoms with van der Waals surface area (Å²) in [4.78, 5) is 22.9. The van der Waals surface area contributed by atoms with Gasteiger partial charge in [0.15, 0.2) is 5.69 Å². The maximum atomic E-state index is 12.5. The average molecular weight is 382 g/mol. The van der Waals surface area contributed by atoms with Gasteiger partial charge in [-0.1, -0.05) is 19.9 Å². The predicted octanol–water partition coefficient (Wildman–Crippen LogP) is 2.70. The summed E-state index contributed by atoms with van der Waals surface area (Å²) in [7, 11) is 0. The van der Waals surface area contributed by atoms with Crippen LogP contribution in [0.2, 0.25) is 0 Å². The maximum absolute atomic E-state index is 12.5. The minimum atomic E-state index is -0.513. The predicted molar refractivity (Wildman–Crippen MR) is 102 cm³/mol. The van der Waals surface area contributed by atoms with Gasteiger partial charge in [0.1, 0.15) is 0 Å². The van der Waals surface area contributed by atoms with E-state index >= 15 is 0 Å². The van der Waals surface area contributed by atoms with Crippen LogP contribution in [0.25, 0.3) is 5.69 Å². The van der Waals surface area contributed by atoms with Gasteiger partial charge in [0.2, 0.25) is 0 Å². The van der Waals surface area contributed by atoms with E-state index in [1.807, 2.05) is 6.92 Å². The topological polar surface area (TPSA) is 116 Å². The number of amides is 1. The van der Waals surface area contributed by atoms with Crippen LogP contribution in [-0.2, 0) is 0 Å². The fourth-order valence-electron chi connectivity index (χ4n) is 2.76. The Balaban J connectivity index is 0.00000338. The molecule has 1 amide bonds. The van der Waals surface area contributed by atoms with Gasteiger partial charge in [-0.2, -0.15) is 5.10 Å². The van der Waals surface area contributed by atoms with Gasteiger partial charge in [-0.25, -0.2) is 4.68 Å². The first-order chi connectivity index (χ1) is 11.7. The summed E-state index contributed by atoms with van der Waals surface area (Å²) < 4.78 is 1.43. The maximum Gasteiger partial charge on any atom is 0.272 e. The number of halogens is 1. The molecule has 0 aliphatic carbocycles. The molecule has 0 bridgehead atoms. The average Bonchev–Trinajstić information content (AvgIpc) is 3.04. The molecule has 26 heavy (non-hydrogen) atoms. The van der Waals surface area contributed by atoms with Gasteiger partial charge in [-0.05, 0) is 31.4 Å². The van der Waals surface area contributed by atoms with Crippen molar-refractivity contribution in [2.24, 2.45) is 11.7 Å². The zero-order valence-electron chi connectivity index (χ0n) is 15.0. The van der Waals surface area contributed by atoms with Crippen LogP contribution in [-0.4, -0.2) is 32.7 Å². The third-order valence-electron chi connectivity index (χ3n) is 3.85. The van der Waals surface area contributed by atoms with Crippen LogP contribution in [0.15, 0.2) is 36.5 Å². The Hall–Kier alpha value is -2.45. The van der Waals surface area contributed by atoms with E-state index in [2.05, 4.69) is 24.3 Å². The number of nitro groups is 1. The molecular formula is C17H24ClN5O3. The molecule has 1 unspecified atom stereocenters. The normalized spacial score (nSPS) is 13.0. The fourth-order valence-corrected chi connectivity index (χ4v) is 2.76. The highest BCUT2D eigenvalue weighted by molar-refractivity contribution is 5.92. The van der Waals surface area contributed by atoms with Crippen LogP contribution in [0.3, 0.4) is 0 Å². The lowest BCUT2D eigenvalue weighted by Gasteiger charge is -2.30. The van der Waals surface area contributed by atoms with Gasteiger partial charge in [0, 0.05) is 24.9 Å². The number of nitro benzene ring substituents is 1. The number of carbonyl (C=O) groups excluding carboxylic acids is 1. The van der Waals surface area contributed by atoms with Gasteiger partial charge >= 0.3 is 0 Å². The highest BCUT2D eigenvalue weighted by Gasteiger charge is 2.27. The van der Waals surface area contributed by atoms with Crippen molar-refractivity contribution in [3.63, 3.8) is 0 Å². The van der Waals surface area contributed by atoms with Crippen molar-refractivity contribution in [2.75, 3.05) is 6.54 Å². The SMILES string of the molecule is CC(C)CC(C)(CN)NC(=O)c1ccn(-c2cccc([N+](=O)[O-])c2)n1.Cl. The molecule has 0 radical (unpaired) electrons. The van der Waals surface area contributed by atoms with Crippen LogP contribution in [0.4, 0.5) is 5.69 Å². The van der Waals surface area contributed by atoms with Crippen molar-refractivity contribution in [3.8, 4) is 5.69 Å². The number of aromatic nitrogens is 2. The van der Waals surface area contributed by atoms with Gasteiger partial charge in [0.25, 0.3) is 11.6 Å². The van der Waals surface area contributed by atoms with Gasteiger partial charge in [0.05, 0.1) is 16.1 Å². The van der Waals surface area contributed by atoms with Crippen molar-refractivity contribution in [1.29, 1.82) is 0 Å². The Morgan fingerprint density at radius 2 is 2.12 bits per heavy atom. The summed E-state index contributed by atoms with van der Waals surface area (Å²) in [5, 5.41) is 18.0. The van der Waals surface area contributed by atoms with Crippen LogP contribution >= 0.6 is 12.4 Å². The number of nitrogens with two attached hydrogens (primary N) is 1. The van der Waals surface area contributed by atoms with Crippen LogP contribution in [0, 0.1) is 16.0 Å². The Kier molecular flexibility index (Phi) is 7.29. The van der Waals surface area contributed by atoms with E-state index in [0.717, 1.165) is 6.42 Å². The highest BCUT2D eigenvalue weighted by atomic mass is 35.5. The second-order valence-electron chi connectivity index (χ2n) is 6.74. The summed E-state index contributed by atoms with van der Waals surface area (Å²) in [6.45, 7) is 6.36. The van der Waals surface area contributed by atoms with Crippen LogP contribution in [0.5, 0.6) is 0 Å². The molecule has 2 rings (SSSR count). The molecule has 1 heterocycles. The molecule has 1 aromatic carbocycles. The number of nitrogens with zero attached hydrogens (tertiary/aromatic N) is 3. The van der Waals surface area contributed by atoms with Crippen molar-refractivity contribution in [2.45, 2.75) is 32.7 Å². The minimum absolute atomic E-state index is 0. The molecule has 0 spiro atoms. The molecule has 3 N–H and O–H groups in total. The summed E-state index contributed by atoms with van der Waals surface area (Å²) in [6, 6.07) is 7.63. The van der Waals surface area contributed by atoms with E-state index in [4.69, 9.17) is 5.73 Å². The first kappa shape index (κ1) is 21.6. The van der Waals surface area contributed by atoms with Crippen molar-refractivity contribution in [1.82, 2.24) is 15.1 Å². The molecule has 0 fully saturated rings. The molecule has 1 atom stereocenters. The molecule has 8 nitrogen and oxygen atoms in total. The minimum Gasteiger partial charge on any atom is -0.344 e. The Morgan fingerprint density at radius 1 is 1.42 bits per heavy atom. The first-order valence-electron chi connectivity index (χ1n) is 8.07. The van der Waals surface area contributed by atoms with Crippen LogP contribution in [0.1, 0.15) is 37.7 Å². The number of hydrogen-bond acceptors (Lipinski definition) is 5. The van der Waals surface area contributed by atoms with E-state index in [-0.39, 0.29) is 29.7 Å². The molecule has 0 aliphatic rings. The Morgan fingerprint density at radius 3 is 2.69 bits per heavy atom. The molecule has 2 aromatic rings.